The van der Waals surface area contributed by atoms with Crippen LogP contribution in [-0.4, -0.2) is 136 Å². The van der Waals surface area contributed by atoms with Gasteiger partial charge in [0.25, 0.3) is 5.91 Å². The molecular weight excluding hydrogens is 750 g/mol. The van der Waals surface area contributed by atoms with Crippen molar-refractivity contribution in [2.24, 2.45) is 29.6 Å². The molecule has 1 unspecified atom stereocenters. The van der Waals surface area contributed by atoms with Crippen molar-refractivity contribution in [2.45, 2.75) is 160 Å². The van der Waals surface area contributed by atoms with Crippen LogP contribution in [0.5, 0.6) is 0 Å². The smallest absolute Gasteiger partial charge is 0.345 e. The number of hydrogen-bond acceptors (Lipinski definition) is 12. The SMILES string of the molecule is C=CC[C@@H]1/C=C(\C)C[C@H](C)C[C@H](OC)[C@@H](O)[C@@H](OC)C[C@@H](C)C(O)(C(=O)O)C(=O)N2CCCC[C@H]2C(=O)O[C@H](/C(C)=C/[C@@H]2CC[C@@H](O)[C@H](OC)C2)[C@H](C)[C@@H](O)CC1=O. The van der Waals surface area contributed by atoms with Gasteiger partial charge in [-0.1, -0.05) is 44.6 Å². The second-order valence-electron chi connectivity index (χ2n) is 17.2. The average Bonchev–Trinajstić information content (AvgIpc) is 3.19. The highest BCUT2D eigenvalue weighted by atomic mass is 16.5. The predicted octanol–water partition coefficient (Wildman–Crippen LogP) is 4.16. The zero-order chi connectivity index (χ0) is 43.5. The van der Waals surface area contributed by atoms with Gasteiger partial charge in [-0.3, -0.25) is 9.59 Å². The van der Waals surface area contributed by atoms with E-state index in [2.05, 4.69) is 6.58 Å². The number of ketones is 1. The number of carboxylic acid groups (broad SMARTS) is 1. The molecule has 14 atom stereocenters. The van der Waals surface area contributed by atoms with Gasteiger partial charge < -0.3 is 49.4 Å². The summed E-state index contributed by atoms with van der Waals surface area (Å²) in [6, 6.07) is -1.26. The fraction of sp³-hybridized carbons (Fsp3) is 0.773. The number of cyclic esters (lactones) is 1. The number of ether oxygens (including phenoxy) is 4. The first kappa shape index (κ1) is 49.4. The largest absolute Gasteiger partial charge is 0.479 e. The predicted molar refractivity (Wildman–Crippen MR) is 216 cm³/mol. The van der Waals surface area contributed by atoms with Crippen molar-refractivity contribution in [3.63, 3.8) is 0 Å². The number of rotatable bonds is 8. The number of Topliss-reactive ketones (excluding diaryl/α,β-unsaturated/α-hetero) is 1. The van der Waals surface area contributed by atoms with Crippen LogP contribution < -0.4 is 0 Å². The molecular formula is C44H71NO13. The van der Waals surface area contributed by atoms with Crippen LogP contribution >= 0.6 is 0 Å². The molecule has 0 aromatic rings. The van der Waals surface area contributed by atoms with Gasteiger partial charge in [-0.05, 0) is 95.5 Å². The molecule has 2 fully saturated rings. The second-order valence-corrected chi connectivity index (χ2v) is 17.2. The quantitative estimate of drug-likeness (QED) is 0.133. The van der Waals surface area contributed by atoms with Gasteiger partial charge in [-0.2, -0.15) is 0 Å². The van der Waals surface area contributed by atoms with Crippen molar-refractivity contribution in [2.75, 3.05) is 27.9 Å². The fourth-order valence-electron chi connectivity index (χ4n) is 9.15. The van der Waals surface area contributed by atoms with Crippen LogP contribution in [0.15, 0.2) is 36.0 Å². The number of hydrogen-bond donors (Lipinski definition) is 5. The highest BCUT2D eigenvalue weighted by Gasteiger charge is 2.54. The highest BCUT2D eigenvalue weighted by molar-refractivity contribution is 6.06. The van der Waals surface area contributed by atoms with Crippen molar-refractivity contribution < 1.29 is 63.7 Å². The van der Waals surface area contributed by atoms with Gasteiger partial charge >= 0.3 is 11.9 Å². The molecule has 1 saturated carbocycles. The summed E-state index contributed by atoms with van der Waals surface area (Å²) in [6.45, 7) is 12.6. The van der Waals surface area contributed by atoms with Gasteiger partial charge in [0.15, 0.2) is 0 Å². The van der Waals surface area contributed by atoms with E-state index in [1.54, 1.807) is 19.9 Å². The third-order valence-corrected chi connectivity index (χ3v) is 12.8. The van der Waals surface area contributed by atoms with Crippen LogP contribution in [0.1, 0.15) is 105 Å². The summed E-state index contributed by atoms with van der Waals surface area (Å²) in [5, 5.41) is 55.9. The fourth-order valence-corrected chi connectivity index (χ4v) is 9.15. The van der Waals surface area contributed by atoms with E-state index < -0.39 is 83.9 Å². The number of aliphatic hydroxyl groups excluding tert-OH is 3. The third-order valence-electron chi connectivity index (χ3n) is 12.8. The molecule has 3 aliphatic rings. The van der Waals surface area contributed by atoms with E-state index in [9.17, 15) is 44.7 Å². The lowest BCUT2D eigenvalue weighted by Gasteiger charge is -2.41. The average molecular weight is 822 g/mol. The van der Waals surface area contributed by atoms with Crippen LogP contribution in [0.4, 0.5) is 0 Å². The van der Waals surface area contributed by atoms with Crippen LogP contribution in [0.25, 0.3) is 0 Å². The van der Waals surface area contributed by atoms with E-state index in [1.165, 1.54) is 28.3 Å². The van der Waals surface area contributed by atoms with E-state index in [1.807, 2.05) is 26.0 Å². The van der Waals surface area contributed by atoms with Crippen LogP contribution in [-0.2, 0) is 38.1 Å². The Morgan fingerprint density at radius 1 is 0.931 bits per heavy atom. The zero-order valence-electron chi connectivity index (χ0n) is 35.9. The number of piperidine rings is 1. The number of methoxy groups -OCH3 is 3. The molecule has 0 spiro atoms. The van der Waals surface area contributed by atoms with E-state index in [-0.39, 0.29) is 49.5 Å². The monoisotopic (exact) mass is 821 g/mol. The number of carbonyl (C=O) groups is 4. The van der Waals surface area contributed by atoms with E-state index in [4.69, 9.17) is 18.9 Å². The summed E-state index contributed by atoms with van der Waals surface area (Å²) in [6.07, 6.45) is 2.69. The number of fused-ring (bicyclic) bond motifs is 1. The topological polar surface area (TPSA) is 210 Å². The molecule has 2 heterocycles. The molecule has 3 rings (SSSR count). The Kier molecular flexibility index (Phi) is 19.2. The van der Waals surface area contributed by atoms with Gasteiger partial charge in [0.05, 0.1) is 30.5 Å². The van der Waals surface area contributed by atoms with Gasteiger partial charge in [0.2, 0.25) is 5.60 Å². The molecule has 0 aromatic carbocycles. The summed E-state index contributed by atoms with van der Waals surface area (Å²) in [5.74, 6) is -6.78. The maximum atomic E-state index is 14.3. The van der Waals surface area contributed by atoms with Crippen molar-refractivity contribution in [1.29, 1.82) is 0 Å². The molecule has 1 aliphatic carbocycles. The summed E-state index contributed by atoms with van der Waals surface area (Å²) in [4.78, 5) is 56.5. The minimum atomic E-state index is -2.99. The first-order chi connectivity index (χ1) is 27.3. The Balaban J connectivity index is 2.15. The Labute approximate surface area is 344 Å². The third kappa shape index (κ3) is 12.3. The maximum absolute atomic E-state index is 14.3. The van der Waals surface area contributed by atoms with Crippen LogP contribution in [0.2, 0.25) is 0 Å². The van der Waals surface area contributed by atoms with Gasteiger partial charge in [-0.25, -0.2) is 9.59 Å². The minimum Gasteiger partial charge on any atom is -0.479 e. The Morgan fingerprint density at radius 2 is 1.57 bits per heavy atom. The number of amides is 1. The lowest BCUT2D eigenvalue weighted by molar-refractivity contribution is -0.186. The molecule has 1 saturated heterocycles. The van der Waals surface area contributed by atoms with Crippen molar-refractivity contribution in [1.82, 2.24) is 4.90 Å². The Bertz CT molecular complexity index is 1460. The number of carboxylic acids is 1. The molecule has 2 aliphatic heterocycles. The van der Waals surface area contributed by atoms with Crippen molar-refractivity contribution >= 4 is 23.6 Å². The molecule has 14 nitrogen and oxygen atoms in total. The maximum Gasteiger partial charge on any atom is 0.345 e. The summed E-state index contributed by atoms with van der Waals surface area (Å²) in [5.41, 5.74) is -1.47. The first-order valence-electron chi connectivity index (χ1n) is 20.9. The first-order valence-corrected chi connectivity index (χ1v) is 20.9. The lowest BCUT2D eigenvalue weighted by Crippen LogP contribution is -2.63. The van der Waals surface area contributed by atoms with Gasteiger partial charge in [0.1, 0.15) is 24.0 Å². The molecule has 0 aromatic heterocycles. The number of esters is 1. The molecule has 1 amide bonds. The molecule has 330 valence electrons. The summed E-state index contributed by atoms with van der Waals surface area (Å²) < 4.78 is 23.1. The van der Waals surface area contributed by atoms with Gasteiger partial charge in [-0.15, -0.1) is 6.58 Å². The number of aliphatic carboxylic acids is 1. The van der Waals surface area contributed by atoms with Crippen molar-refractivity contribution in [3.8, 4) is 0 Å². The van der Waals surface area contributed by atoms with Gasteiger partial charge in [0, 0.05) is 52.0 Å². The standard InChI is InChI=1S/C44H71NO13/c1-10-13-31-19-25(2)18-26(3)20-37(56-8)39(49)38(57-9)22-28(5)44(54,43(52)53)42(51)45-17-12-11-14-32(45)41(50)58-40(29(6)34(47)24-35(31)48)27(4)21-30-15-16-33(46)36(23-30)55-7/h10,19,21,26,28-34,36-40,46-47,49,54H,1,11-18,20,22-24H2,2-9H3,(H,52,53)/b25-19+,27-21+/t26-,28+,29+,30-,31+,32-,33+,34-,36+,37-,38-,39+,40+,44?/m0/s1. The van der Waals surface area contributed by atoms with Crippen LogP contribution in [0.3, 0.4) is 0 Å². The second kappa shape index (κ2) is 22.6. The number of allylic oxidation sites excluding steroid dienone is 4. The number of aliphatic hydroxyl groups is 4. The molecule has 0 bridgehead atoms. The van der Waals surface area contributed by atoms with Crippen molar-refractivity contribution in [3.05, 3.63) is 36.0 Å². The van der Waals surface area contributed by atoms with Crippen LogP contribution in [0, 0.1) is 29.6 Å². The summed E-state index contributed by atoms with van der Waals surface area (Å²) in [7, 11) is 4.33. The number of nitrogens with zero attached hydrogens (tertiary/aromatic N) is 1. The Hall–Kier alpha value is -2.98. The molecule has 5 N–H and O–H groups in total. The zero-order valence-corrected chi connectivity index (χ0v) is 35.9. The molecule has 14 heteroatoms. The molecule has 58 heavy (non-hydrogen) atoms. The summed E-state index contributed by atoms with van der Waals surface area (Å²) >= 11 is 0. The number of carbonyl (C=O) groups excluding carboxylic acids is 3. The van der Waals surface area contributed by atoms with E-state index in [0.29, 0.717) is 56.9 Å². The Morgan fingerprint density at radius 3 is 2.17 bits per heavy atom. The van der Waals surface area contributed by atoms with E-state index >= 15 is 0 Å². The highest BCUT2D eigenvalue weighted by Crippen LogP contribution is 2.35. The van der Waals surface area contributed by atoms with E-state index in [0.717, 1.165) is 10.5 Å². The lowest BCUT2D eigenvalue weighted by atomic mass is 9.80. The normalized spacial score (nSPS) is 39.6. The minimum absolute atomic E-state index is 0.0204. The molecule has 0 radical (unpaired) electrons.